The standard InChI is InChI=1S/C51H34N4OS/c1-3-13-31(14-4-1)49-52-50(32-15-5-2-6-16-32)54-51(53-49)42-22-12-20-40-38-27-25-33(29-45(38)56-47(40)42)35-19-11-21-41-39-28-26-34(30-46(39)57-48(35)41)55-43-23-9-7-17-36(43)37-18-8-10-24-44(37)55/h1-25,27,29-30,49H,26,28H2,(H,52,53,54). The number of nitrogens with zero attached hydrogens (tertiary/aromatic N) is 3. The molecule has 270 valence electrons. The molecule has 0 amide bonds. The number of fused-ring (bicyclic) bond motifs is 9. The Labute approximate surface area is 332 Å². The van der Waals surface area contributed by atoms with Crippen molar-refractivity contribution >= 4 is 88.6 Å². The van der Waals surface area contributed by atoms with Crippen LogP contribution in [0.25, 0.3) is 76.7 Å². The lowest BCUT2D eigenvalue weighted by Gasteiger charge is -2.23. The number of hydrogen-bond acceptors (Lipinski definition) is 5. The second-order valence-electron chi connectivity index (χ2n) is 14.9. The van der Waals surface area contributed by atoms with E-state index < -0.39 is 0 Å². The van der Waals surface area contributed by atoms with E-state index in [-0.39, 0.29) is 6.17 Å². The van der Waals surface area contributed by atoms with Gasteiger partial charge in [-0.3, -0.25) is 0 Å². The lowest BCUT2D eigenvalue weighted by Crippen LogP contribution is -2.33. The highest BCUT2D eigenvalue weighted by Crippen LogP contribution is 2.45. The zero-order valence-corrected chi connectivity index (χ0v) is 31.6. The Morgan fingerprint density at radius 1 is 0.596 bits per heavy atom. The average Bonchev–Trinajstić information content (AvgIpc) is 3.96. The molecule has 0 spiro atoms. The van der Waals surface area contributed by atoms with Crippen LogP contribution in [-0.4, -0.2) is 16.2 Å². The van der Waals surface area contributed by atoms with Crippen molar-refractivity contribution in [2.24, 2.45) is 9.98 Å². The van der Waals surface area contributed by atoms with Crippen molar-refractivity contribution in [1.82, 2.24) is 9.88 Å². The second kappa shape index (κ2) is 12.8. The molecule has 1 N–H and O–H groups in total. The van der Waals surface area contributed by atoms with Gasteiger partial charge in [0.2, 0.25) is 0 Å². The van der Waals surface area contributed by atoms with E-state index in [1.54, 1.807) is 0 Å². The number of furan rings is 1. The molecular formula is C51H34N4OS. The third-order valence-electron chi connectivity index (χ3n) is 11.6. The summed E-state index contributed by atoms with van der Waals surface area (Å²) in [6.07, 6.45) is 4.15. The van der Waals surface area contributed by atoms with Crippen molar-refractivity contribution in [3.8, 4) is 11.1 Å². The SMILES string of the molecule is C1=C(n2c3ccccc3c3ccccc32)CCc2c1sc1c(-c3ccc4c(c3)oc3c(C5=NC(c6ccccc6)NC(c6ccccc6)=N5)cccc34)cccc21. The Morgan fingerprint density at radius 2 is 1.28 bits per heavy atom. The summed E-state index contributed by atoms with van der Waals surface area (Å²) in [5, 5.41) is 9.65. The van der Waals surface area contributed by atoms with Crippen molar-refractivity contribution in [1.29, 1.82) is 0 Å². The van der Waals surface area contributed by atoms with Crippen LogP contribution >= 0.6 is 11.3 Å². The molecule has 0 saturated carbocycles. The molecule has 0 saturated heterocycles. The van der Waals surface area contributed by atoms with Crippen LogP contribution in [0.3, 0.4) is 0 Å². The summed E-state index contributed by atoms with van der Waals surface area (Å²) in [6, 6.07) is 57.8. The second-order valence-corrected chi connectivity index (χ2v) is 15.9. The molecule has 4 heterocycles. The van der Waals surface area contributed by atoms with Gasteiger partial charge >= 0.3 is 0 Å². The van der Waals surface area contributed by atoms with Crippen molar-refractivity contribution < 1.29 is 4.42 Å². The lowest BCUT2D eigenvalue weighted by molar-refractivity contribution is 0.663. The fraction of sp³-hybridized carbons (Fsp3) is 0.0588. The number of thiophene rings is 1. The molecule has 10 aromatic rings. The molecule has 12 rings (SSSR count). The summed E-state index contributed by atoms with van der Waals surface area (Å²) in [4.78, 5) is 11.6. The summed E-state index contributed by atoms with van der Waals surface area (Å²) in [6.45, 7) is 0. The minimum Gasteiger partial charge on any atom is -0.455 e. The van der Waals surface area contributed by atoms with E-state index in [0.29, 0.717) is 5.84 Å². The number of rotatable bonds is 5. The van der Waals surface area contributed by atoms with Gasteiger partial charge in [0.25, 0.3) is 0 Å². The van der Waals surface area contributed by atoms with Crippen LogP contribution < -0.4 is 5.32 Å². The first-order chi connectivity index (χ1) is 28.2. The summed E-state index contributed by atoms with van der Waals surface area (Å²) in [5.41, 5.74) is 12.3. The largest absolute Gasteiger partial charge is 0.455 e. The van der Waals surface area contributed by atoms with Crippen LogP contribution in [0.1, 0.15) is 39.7 Å². The molecule has 3 aromatic heterocycles. The maximum absolute atomic E-state index is 6.82. The smallest absolute Gasteiger partial charge is 0.163 e. The maximum Gasteiger partial charge on any atom is 0.163 e. The normalized spacial score (nSPS) is 15.5. The zero-order valence-electron chi connectivity index (χ0n) is 30.8. The van der Waals surface area contributed by atoms with E-state index in [1.165, 1.54) is 53.6 Å². The van der Waals surface area contributed by atoms with Gasteiger partial charge in [-0.15, -0.1) is 11.3 Å². The van der Waals surface area contributed by atoms with Gasteiger partial charge in [0.15, 0.2) is 5.84 Å². The third kappa shape index (κ3) is 5.14. The van der Waals surface area contributed by atoms with Crippen LogP contribution in [-0.2, 0) is 6.42 Å². The van der Waals surface area contributed by atoms with Gasteiger partial charge in [-0.2, -0.15) is 0 Å². The summed E-state index contributed by atoms with van der Waals surface area (Å²) in [5.74, 6) is 1.43. The molecule has 1 aliphatic carbocycles. The van der Waals surface area contributed by atoms with E-state index in [9.17, 15) is 0 Å². The monoisotopic (exact) mass is 750 g/mol. The topological polar surface area (TPSA) is 54.8 Å². The molecule has 1 aliphatic heterocycles. The van der Waals surface area contributed by atoms with Gasteiger partial charge in [0, 0.05) is 42.4 Å². The van der Waals surface area contributed by atoms with E-state index in [0.717, 1.165) is 62.9 Å². The highest BCUT2D eigenvalue weighted by molar-refractivity contribution is 7.20. The highest BCUT2D eigenvalue weighted by atomic mass is 32.1. The molecule has 6 heteroatoms. The summed E-state index contributed by atoms with van der Waals surface area (Å²) >= 11 is 1.90. The van der Waals surface area contributed by atoms with E-state index in [1.807, 2.05) is 47.7 Å². The van der Waals surface area contributed by atoms with Gasteiger partial charge in [0.1, 0.15) is 23.2 Å². The Morgan fingerprint density at radius 3 is 2.07 bits per heavy atom. The van der Waals surface area contributed by atoms with Gasteiger partial charge < -0.3 is 14.3 Å². The highest BCUT2D eigenvalue weighted by Gasteiger charge is 2.25. The molecule has 5 nitrogen and oxygen atoms in total. The van der Waals surface area contributed by atoms with Crippen LogP contribution in [0.15, 0.2) is 178 Å². The summed E-state index contributed by atoms with van der Waals surface area (Å²) < 4.78 is 10.6. The third-order valence-corrected chi connectivity index (χ3v) is 12.8. The van der Waals surface area contributed by atoms with Gasteiger partial charge in [0.05, 0.1) is 16.6 Å². The number of nitrogens with one attached hydrogen (secondary N) is 1. The number of aliphatic imine (C=N–C) groups is 2. The predicted molar refractivity (Wildman–Crippen MR) is 238 cm³/mol. The molecule has 1 atom stereocenters. The molecule has 57 heavy (non-hydrogen) atoms. The van der Waals surface area contributed by atoms with E-state index in [4.69, 9.17) is 14.4 Å². The van der Waals surface area contributed by atoms with Crippen molar-refractivity contribution in [2.75, 3.05) is 0 Å². The van der Waals surface area contributed by atoms with E-state index in [2.05, 4.69) is 143 Å². The number of benzene rings is 7. The quantitative estimate of drug-likeness (QED) is 0.190. The first-order valence-electron chi connectivity index (χ1n) is 19.5. The van der Waals surface area contributed by atoms with Gasteiger partial charge in [-0.25, -0.2) is 9.98 Å². The number of hydrogen-bond donors (Lipinski definition) is 1. The number of amidine groups is 2. The lowest BCUT2D eigenvalue weighted by atomic mass is 9.96. The fourth-order valence-electron chi connectivity index (χ4n) is 8.94. The minimum atomic E-state index is -0.287. The number of allylic oxidation sites excluding steroid dienone is 1. The van der Waals surface area contributed by atoms with Crippen LogP contribution in [0.2, 0.25) is 0 Å². The molecule has 0 bridgehead atoms. The molecule has 7 aromatic carbocycles. The summed E-state index contributed by atoms with van der Waals surface area (Å²) in [7, 11) is 0. The Hall–Kier alpha value is -7.02. The first kappa shape index (κ1) is 32.2. The number of aryl methyl sites for hydroxylation is 1. The Bertz CT molecular complexity index is 3270. The van der Waals surface area contributed by atoms with Gasteiger partial charge in [-0.1, -0.05) is 133 Å². The molecule has 0 radical (unpaired) electrons. The number of aromatic nitrogens is 1. The van der Waals surface area contributed by atoms with Crippen molar-refractivity contribution in [3.05, 3.63) is 191 Å². The minimum absolute atomic E-state index is 0.287. The fourth-order valence-corrected chi connectivity index (χ4v) is 10.3. The van der Waals surface area contributed by atoms with Crippen molar-refractivity contribution in [2.45, 2.75) is 19.0 Å². The van der Waals surface area contributed by atoms with Crippen LogP contribution in [0.5, 0.6) is 0 Å². The number of para-hydroxylation sites is 3. The maximum atomic E-state index is 6.82. The van der Waals surface area contributed by atoms with Crippen LogP contribution in [0, 0.1) is 0 Å². The molecule has 1 unspecified atom stereocenters. The van der Waals surface area contributed by atoms with Gasteiger partial charge in [-0.05, 0) is 76.9 Å². The molecule has 0 fully saturated rings. The molecular weight excluding hydrogens is 717 g/mol. The zero-order chi connectivity index (χ0) is 37.5. The van der Waals surface area contributed by atoms with Crippen LogP contribution in [0.4, 0.5) is 0 Å². The predicted octanol–water partition coefficient (Wildman–Crippen LogP) is 13.0. The van der Waals surface area contributed by atoms with Crippen molar-refractivity contribution in [3.63, 3.8) is 0 Å². The Kier molecular flexibility index (Phi) is 7.22. The first-order valence-corrected chi connectivity index (χ1v) is 20.3. The van der Waals surface area contributed by atoms with E-state index >= 15 is 0 Å². The Balaban J connectivity index is 0.962. The average molecular weight is 751 g/mol. The molecule has 2 aliphatic rings.